The number of aromatic carboxylic acids is 2. The minimum Gasteiger partial charge on any atom is -0.493 e. The van der Waals surface area contributed by atoms with Gasteiger partial charge in [0.1, 0.15) is 22.7 Å². The number of aromatic amines is 1. The third-order valence-corrected chi connectivity index (χ3v) is 3.54. The summed E-state index contributed by atoms with van der Waals surface area (Å²) in [5, 5.41) is 19.0. The Morgan fingerprint density at radius 2 is 1.84 bits per heavy atom. The number of aryl methyl sites for hydroxylation is 1. The molecule has 0 amide bonds. The molecule has 0 aliphatic heterocycles. The number of ether oxygens (including phenoxy) is 1. The van der Waals surface area contributed by atoms with Crippen LogP contribution in [0.1, 0.15) is 39.6 Å². The number of nitrogens with one attached hydrogen (secondary N) is 1. The van der Waals surface area contributed by atoms with E-state index in [2.05, 4.69) is 4.98 Å². The summed E-state index contributed by atoms with van der Waals surface area (Å²) in [5.74, 6) is -3.14. The minimum absolute atomic E-state index is 0.195. The van der Waals surface area contributed by atoms with Crippen molar-refractivity contribution in [2.24, 2.45) is 0 Å². The maximum atomic E-state index is 12.1. The molecular formula is C17H18N2O6. The molecule has 8 heteroatoms. The lowest BCUT2D eigenvalue weighted by Crippen LogP contribution is -2.24. The summed E-state index contributed by atoms with van der Waals surface area (Å²) in [6.45, 7) is 3.99. The maximum absolute atomic E-state index is 12.1. The highest BCUT2D eigenvalue weighted by Gasteiger charge is 2.28. The number of H-pyrrole nitrogens is 1. The van der Waals surface area contributed by atoms with E-state index in [4.69, 9.17) is 10.5 Å². The standard InChI is InChI=1S/C17H18N2O6/c1-3-6-25-10-5-4-8(2)7-9(10)11-12(16(21)22)14(18)19-15(20)13(11)17(23)24/h4-5,7H,3,6H2,1-2H3,(H,21,22)(H,23,24)(H3,18,19,20). The lowest BCUT2D eigenvalue weighted by atomic mass is 9.93. The average Bonchev–Trinajstić information content (AvgIpc) is 2.51. The number of benzene rings is 1. The Morgan fingerprint density at radius 3 is 2.40 bits per heavy atom. The van der Waals surface area contributed by atoms with Gasteiger partial charge in [-0.05, 0) is 25.5 Å². The van der Waals surface area contributed by atoms with Crippen LogP contribution in [0.2, 0.25) is 0 Å². The highest BCUT2D eigenvalue weighted by molar-refractivity contribution is 6.08. The number of anilines is 1. The largest absolute Gasteiger partial charge is 0.493 e. The van der Waals surface area contributed by atoms with Crippen LogP contribution >= 0.6 is 0 Å². The SMILES string of the molecule is CCCOc1ccc(C)cc1-c1c(C(=O)O)c(N)[nH]c(=O)c1C(=O)O. The van der Waals surface area contributed by atoms with E-state index >= 15 is 0 Å². The van der Waals surface area contributed by atoms with Crippen LogP contribution in [0.5, 0.6) is 5.75 Å². The summed E-state index contributed by atoms with van der Waals surface area (Å²) in [5.41, 5.74) is 4.16. The number of nitrogens with two attached hydrogens (primary N) is 1. The van der Waals surface area contributed by atoms with Crippen LogP contribution in [-0.4, -0.2) is 33.7 Å². The Labute approximate surface area is 142 Å². The molecule has 2 rings (SSSR count). The van der Waals surface area contributed by atoms with Crippen molar-refractivity contribution < 1.29 is 24.5 Å². The van der Waals surface area contributed by atoms with Gasteiger partial charge >= 0.3 is 11.9 Å². The van der Waals surface area contributed by atoms with Crippen molar-refractivity contribution in [1.82, 2.24) is 4.98 Å². The van der Waals surface area contributed by atoms with Gasteiger partial charge in [0.2, 0.25) is 0 Å². The zero-order valence-electron chi connectivity index (χ0n) is 13.8. The van der Waals surface area contributed by atoms with Gasteiger partial charge in [-0.2, -0.15) is 0 Å². The van der Waals surface area contributed by atoms with Crippen molar-refractivity contribution in [3.8, 4) is 16.9 Å². The number of carboxylic acid groups (broad SMARTS) is 2. The molecule has 0 spiro atoms. The number of carboxylic acids is 2. The van der Waals surface area contributed by atoms with Gasteiger partial charge in [0.05, 0.1) is 6.61 Å². The molecule has 132 valence electrons. The van der Waals surface area contributed by atoms with Gasteiger partial charge in [-0.15, -0.1) is 0 Å². The van der Waals surface area contributed by atoms with Gasteiger partial charge < -0.3 is 25.7 Å². The quantitative estimate of drug-likeness (QED) is 0.627. The van der Waals surface area contributed by atoms with Crippen molar-refractivity contribution in [2.45, 2.75) is 20.3 Å². The minimum atomic E-state index is -1.55. The zero-order chi connectivity index (χ0) is 18.7. The molecule has 1 aromatic carbocycles. The highest BCUT2D eigenvalue weighted by Crippen LogP contribution is 2.36. The smallest absolute Gasteiger partial charge is 0.342 e. The fourth-order valence-electron chi connectivity index (χ4n) is 2.49. The lowest BCUT2D eigenvalue weighted by molar-refractivity contribution is 0.0695. The molecule has 0 bridgehead atoms. The van der Waals surface area contributed by atoms with E-state index in [0.29, 0.717) is 13.0 Å². The molecular weight excluding hydrogens is 328 g/mol. The van der Waals surface area contributed by atoms with Crippen LogP contribution < -0.4 is 16.0 Å². The maximum Gasteiger partial charge on any atom is 0.342 e. The predicted octanol–water partition coefficient (Wildman–Crippen LogP) is 2.12. The van der Waals surface area contributed by atoms with Gasteiger partial charge in [-0.3, -0.25) is 4.79 Å². The van der Waals surface area contributed by atoms with E-state index in [9.17, 15) is 24.6 Å². The predicted molar refractivity (Wildman–Crippen MR) is 91.4 cm³/mol. The second-order valence-corrected chi connectivity index (χ2v) is 5.45. The van der Waals surface area contributed by atoms with Crippen molar-refractivity contribution in [3.63, 3.8) is 0 Å². The van der Waals surface area contributed by atoms with Crippen molar-refractivity contribution >= 4 is 17.8 Å². The van der Waals surface area contributed by atoms with Crippen molar-refractivity contribution in [3.05, 3.63) is 45.2 Å². The first-order chi connectivity index (χ1) is 11.8. The molecule has 0 radical (unpaired) electrons. The summed E-state index contributed by atoms with van der Waals surface area (Å²) in [6, 6.07) is 4.92. The fourth-order valence-corrected chi connectivity index (χ4v) is 2.49. The van der Waals surface area contributed by atoms with Gasteiger partial charge in [-0.1, -0.05) is 18.6 Å². The summed E-state index contributed by atoms with van der Waals surface area (Å²) < 4.78 is 5.61. The molecule has 0 saturated heterocycles. The molecule has 0 unspecified atom stereocenters. The molecule has 5 N–H and O–H groups in total. The first kappa shape index (κ1) is 18.1. The van der Waals surface area contributed by atoms with E-state index in [1.165, 1.54) is 0 Å². The van der Waals surface area contributed by atoms with E-state index in [1.54, 1.807) is 25.1 Å². The van der Waals surface area contributed by atoms with Crippen LogP contribution in [0.4, 0.5) is 5.82 Å². The highest BCUT2D eigenvalue weighted by atomic mass is 16.5. The van der Waals surface area contributed by atoms with Crippen LogP contribution in [0.25, 0.3) is 11.1 Å². The third-order valence-electron chi connectivity index (χ3n) is 3.54. The molecule has 2 aromatic rings. The Hall–Kier alpha value is -3.29. The Balaban J connectivity index is 2.95. The van der Waals surface area contributed by atoms with Crippen LogP contribution in [0.15, 0.2) is 23.0 Å². The molecule has 1 heterocycles. The molecule has 8 nitrogen and oxygen atoms in total. The number of hydrogen-bond acceptors (Lipinski definition) is 5. The second kappa shape index (κ2) is 7.08. The van der Waals surface area contributed by atoms with E-state index in [0.717, 1.165) is 5.56 Å². The van der Waals surface area contributed by atoms with Crippen LogP contribution in [-0.2, 0) is 0 Å². The van der Waals surface area contributed by atoms with E-state index in [1.807, 2.05) is 6.92 Å². The summed E-state index contributed by atoms with van der Waals surface area (Å²) in [7, 11) is 0. The van der Waals surface area contributed by atoms with Gasteiger partial charge in [0, 0.05) is 11.1 Å². The lowest BCUT2D eigenvalue weighted by Gasteiger charge is -2.16. The molecule has 1 aromatic heterocycles. The topological polar surface area (TPSA) is 143 Å². The molecule has 0 fully saturated rings. The van der Waals surface area contributed by atoms with Gasteiger partial charge in [0.15, 0.2) is 0 Å². The van der Waals surface area contributed by atoms with Crippen LogP contribution in [0.3, 0.4) is 0 Å². The number of pyridine rings is 1. The first-order valence-corrected chi connectivity index (χ1v) is 7.54. The Bertz CT molecular complexity index is 901. The number of aromatic nitrogens is 1. The second-order valence-electron chi connectivity index (χ2n) is 5.45. The number of rotatable bonds is 6. The Kier molecular flexibility index (Phi) is 5.11. The number of hydrogen-bond donors (Lipinski definition) is 4. The summed E-state index contributed by atoms with van der Waals surface area (Å²) in [4.78, 5) is 37.5. The molecule has 0 atom stereocenters. The van der Waals surface area contributed by atoms with Crippen LogP contribution in [0, 0.1) is 6.92 Å². The summed E-state index contributed by atoms with van der Waals surface area (Å²) >= 11 is 0. The number of nitrogen functional groups attached to an aromatic ring is 1. The molecule has 0 aliphatic rings. The zero-order valence-corrected chi connectivity index (χ0v) is 13.8. The van der Waals surface area contributed by atoms with Gasteiger partial charge in [0.25, 0.3) is 5.56 Å². The van der Waals surface area contributed by atoms with E-state index in [-0.39, 0.29) is 16.9 Å². The third kappa shape index (κ3) is 3.47. The fraction of sp³-hybridized carbons (Fsp3) is 0.235. The molecule has 0 aliphatic carbocycles. The van der Waals surface area contributed by atoms with E-state index < -0.39 is 34.4 Å². The molecule has 25 heavy (non-hydrogen) atoms. The van der Waals surface area contributed by atoms with Crippen molar-refractivity contribution in [2.75, 3.05) is 12.3 Å². The Morgan fingerprint density at radius 1 is 1.20 bits per heavy atom. The monoisotopic (exact) mass is 346 g/mol. The average molecular weight is 346 g/mol. The normalized spacial score (nSPS) is 10.5. The van der Waals surface area contributed by atoms with Crippen molar-refractivity contribution in [1.29, 1.82) is 0 Å². The first-order valence-electron chi connectivity index (χ1n) is 7.54. The van der Waals surface area contributed by atoms with Gasteiger partial charge in [-0.25, -0.2) is 9.59 Å². The number of carbonyl (C=O) groups is 2. The molecule has 0 saturated carbocycles. The summed E-state index contributed by atoms with van der Waals surface area (Å²) in [6.07, 6.45) is 0.697.